The number of benzene rings is 1. The van der Waals surface area contributed by atoms with Crippen LogP contribution in [0.5, 0.6) is 0 Å². The average Bonchev–Trinajstić information content (AvgIpc) is 3.13. The van der Waals surface area contributed by atoms with Crippen molar-refractivity contribution < 1.29 is 19.0 Å². The quantitative estimate of drug-likeness (QED) is 0.400. The van der Waals surface area contributed by atoms with Gasteiger partial charge in [0.2, 0.25) is 0 Å². The van der Waals surface area contributed by atoms with Gasteiger partial charge in [0, 0.05) is 25.0 Å². The fourth-order valence-electron chi connectivity index (χ4n) is 3.75. The molecule has 1 aromatic carbocycles. The van der Waals surface area contributed by atoms with E-state index in [1.807, 2.05) is 29.1 Å². The summed E-state index contributed by atoms with van der Waals surface area (Å²) in [7, 11) is -1.79. The Kier molecular flexibility index (Phi) is 7.97. The first kappa shape index (κ1) is 24.4. The smallest absolute Gasteiger partial charge is 0.192 e. The van der Waals surface area contributed by atoms with Crippen LogP contribution in [-0.2, 0) is 13.9 Å². The zero-order valence-corrected chi connectivity index (χ0v) is 21.1. The van der Waals surface area contributed by atoms with Gasteiger partial charge in [0.05, 0.1) is 30.5 Å². The third kappa shape index (κ3) is 6.17. The summed E-state index contributed by atoms with van der Waals surface area (Å²) >= 11 is 0. The summed E-state index contributed by atoms with van der Waals surface area (Å²) in [5.74, 6) is 0. The minimum atomic E-state index is -1.79. The topological polar surface area (TPSA) is 65.7 Å². The molecule has 174 valence electrons. The van der Waals surface area contributed by atoms with Gasteiger partial charge in [0.1, 0.15) is 0 Å². The van der Waals surface area contributed by atoms with Crippen molar-refractivity contribution in [2.45, 2.75) is 89.9 Å². The third-order valence-corrected chi connectivity index (χ3v) is 11.2. The predicted molar refractivity (Wildman–Crippen MR) is 127 cm³/mol. The molecule has 3 rings (SSSR count). The highest BCUT2D eigenvalue weighted by Crippen LogP contribution is 2.37. The van der Waals surface area contributed by atoms with Gasteiger partial charge in [-0.15, -0.1) is 0 Å². The predicted octanol–water partition coefficient (Wildman–Crippen LogP) is 5.59. The van der Waals surface area contributed by atoms with E-state index in [1.54, 1.807) is 0 Å². The molecule has 0 aliphatic carbocycles. The molecule has 0 amide bonds. The Labute approximate surface area is 188 Å². The van der Waals surface area contributed by atoms with Gasteiger partial charge in [0.25, 0.3) is 0 Å². The van der Waals surface area contributed by atoms with Crippen molar-refractivity contribution in [2.75, 3.05) is 19.8 Å². The van der Waals surface area contributed by atoms with Crippen molar-refractivity contribution >= 4 is 19.2 Å². The van der Waals surface area contributed by atoms with Gasteiger partial charge < -0.3 is 19.0 Å². The first-order valence-electron chi connectivity index (χ1n) is 11.6. The molecular weight excluding hydrogens is 408 g/mol. The van der Waals surface area contributed by atoms with E-state index in [0.29, 0.717) is 19.6 Å². The summed E-state index contributed by atoms with van der Waals surface area (Å²) in [6.07, 6.45) is 5.22. The average molecular weight is 449 g/mol. The Balaban J connectivity index is 1.49. The Morgan fingerprint density at radius 2 is 2.06 bits per heavy atom. The van der Waals surface area contributed by atoms with Crippen LogP contribution >= 0.6 is 0 Å². The van der Waals surface area contributed by atoms with Crippen molar-refractivity contribution in [2.24, 2.45) is 0 Å². The normalized spacial score (nSPS) is 20.2. The van der Waals surface area contributed by atoms with Crippen molar-refractivity contribution in [1.29, 1.82) is 0 Å². The Bertz CT molecular complexity index is 840. The van der Waals surface area contributed by atoms with E-state index in [9.17, 15) is 5.11 Å². The number of rotatable bonds is 9. The molecule has 0 spiro atoms. The van der Waals surface area contributed by atoms with Crippen molar-refractivity contribution in [3.8, 4) is 0 Å². The van der Waals surface area contributed by atoms with Crippen LogP contribution in [0, 0.1) is 0 Å². The summed E-state index contributed by atoms with van der Waals surface area (Å²) in [6, 6.07) is 6.04. The van der Waals surface area contributed by atoms with Gasteiger partial charge >= 0.3 is 0 Å². The molecule has 31 heavy (non-hydrogen) atoms. The molecule has 1 fully saturated rings. The lowest BCUT2D eigenvalue weighted by Crippen LogP contribution is -2.44. The molecule has 1 aliphatic rings. The van der Waals surface area contributed by atoms with Gasteiger partial charge in [-0.1, -0.05) is 26.8 Å². The van der Waals surface area contributed by atoms with E-state index in [-0.39, 0.29) is 17.4 Å². The number of hydrogen-bond donors (Lipinski definition) is 1. The number of aliphatic hydroxyl groups is 1. The molecule has 2 aromatic rings. The number of aliphatic hydroxyl groups excluding tert-OH is 1. The summed E-state index contributed by atoms with van der Waals surface area (Å²) in [4.78, 5) is 0. The van der Waals surface area contributed by atoms with E-state index in [4.69, 9.17) is 13.9 Å². The minimum absolute atomic E-state index is 0.0194. The highest BCUT2D eigenvalue weighted by molar-refractivity contribution is 6.74. The van der Waals surface area contributed by atoms with Crippen molar-refractivity contribution in [1.82, 2.24) is 9.78 Å². The van der Waals surface area contributed by atoms with E-state index < -0.39 is 14.4 Å². The van der Waals surface area contributed by atoms with Gasteiger partial charge in [-0.3, -0.25) is 0 Å². The van der Waals surface area contributed by atoms with Crippen LogP contribution in [0.25, 0.3) is 10.9 Å². The molecule has 3 atom stereocenters. The maximum absolute atomic E-state index is 10.6. The van der Waals surface area contributed by atoms with E-state index >= 15 is 0 Å². The summed E-state index contributed by atoms with van der Waals surface area (Å²) < 4.78 is 20.0. The van der Waals surface area contributed by atoms with Crippen LogP contribution in [0.2, 0.25) is 18.1 Å². The molecule has 1 N–H and O–H groups in total. The molecule has 1 aliphatic heterocycles. The molecule has 0 saturated carbocycles. The molecular formula is C24H40N2O4Si. The molecule has 2 heterocycles. The SMILES string of the molecule is C[C@@H](COCCC(O)c1ccc2c(cnn2C2CCCCO2)c1)O[Si](C)(C)C(C)(C)C. The lowest BCUT2D eigenvalue weighted by molar-refractivity contribution is -0.0366. The first-order valence-corrected chi connectivity index (χ1v) is 14.5. The Morgan fingerprint density at radius 1 is 1.29 bits per heavy atom. The van der Waals surface area contributed by atoms with E-state index in [2.05, 4.69) is 45.9 Å². The van der Waals surface area contributed by atoms with Crippen molar-refractivity contribution in [3.05, 3.63) is 30.0 Å². The summed E-state index contributed by atoms with van der Waals surface area (Å²) in [5, 5.41) is 16.4. The number of hydrogen-bond acceptors (Lipinski definition) is 5. The monoisotopic (exact) mass is 448 g/mol. The third-order valence-electron chi connectivity index (χ3n) is 6.62. The maximum Gasteiger partial charge on any atom is 0.192 e. The largest absolute Gasteiger partial charge is 0.412 e. The number of fused-ring (bicyclic) bond motifs is 1. The standard InChI is InChI=1S/C24H40N2O4Si/c1-18(30-31(5,6)24(2,3)4)17-28-14-12-22(27)19-10-11-21-20(15-19)16-25-26(21)23-9-7-8-13-29-23/h10-11,15-16,18,22-23,27H,7-9,12-14,17H2,1-6H3/t18-,22?,23?/m0/s1. The highest BCUT2D eigenvalue weighted by atomic mass is 28.4. The lowest BCUT2D eigenvalue weighted by atomic mass is 10.1. The second-order valence-corrected chi connectivity index (χ2v) is 15.1. The zero-order valence-electron chi connectivity index (χ0n) is 20.1. The maximum atomic E-state index is 10.6. The van der Waals surface area contributed by atoms with E-state index in [1.165, 1.54) is 6.42 Å². The molecule has 2 unspecified atom stereocenters. The summed E-state index contributed by atoms with van der Waals surface area (Å²) in [5.41, 5.74) is 1.95. The van der Waals surface area contributed by atoms with Gasteiger partial charge in [-0.05, 0) is 62.0 Å². The van der Waals surface area contributed by atoms with Crippen LogP contribution in [0.15, 0.2) is 24.4 Å². The molecule has 1 aromatic heterocycles. The van der Waals surface area contributed by atoms with Crippen molar-refractivity contribution in [3.63, 3.8) is 0 Å². The number of aromatic nitrogens is 2. The molecule has 6 nitrogen and oxygen atoms in total. The van der Waals surface area contributed by atoms with Gasteiger partial charge in [-0.25, -0.2) is 4.68 Å². The van der Waals surface area contributed by atoms with Gasteiger partial charge in [0.15, 0.2) is 14.5 Å². The first-order chi connectivity index (χ1) is 14.6. The van der Waals surface area contributed by atoms with E-state index in [0.717, 1.165) is 35.9 Å². The molecule has 1 saturated heterocycles. The van der Waals surface area contributed by atoms with Crippen LogP contribution < -0.4 is 0 Å². The molecule has 7 heteroatoms. The van der Waals surface area contributed by atoms with Crippen LogP contribution in [0.1, 0.15) is 71.3 Å². The van der Waals surface area contributed by atoms with Gasteiger partial charge in [-0.2, -0.15) is 5.10 Å². The lowest BCUT2D eigenvalue weighted by Gasteiger charge is -2.38. The van der Waals surface area contributed by atoms with Crippen LogP contribution in [-0.4, -0.2) is 49.1 Å². The molecule has 0 bridgehead atoms. The number of nitrogens with zero attached hydrogens (tertiary/aromatic N) is 2. The minimum Gasteiger partial charge on any atom is -0.412 e. The number of ether oxygens (including phenoxy) is 2. The second-order valence-electron chi connectivity index (χ2n) is 10.3. The Hall–Kier alpha value is -1.25. The zero-order chi connectivity index (χ0) is 22.6. The fourth-order valence-corrected chi connectivity index (χ4v) is 5.18. The fraction of sp³-hybridized carbons (Fsp3) is 0.708. The van der Waals surface area contributed by atoms with Crippen LogP contribution in [0.4, 0.5) is 0 Å². The second kappa shape index (κ2) is 10.1. The summed E-state index contributed by atoms with van der Waals surface area (Å²) in [6.45, 7) is 15.1. The Morgan fingerprint density at radius 3 is 2.74 bits per heavy atom. The molecule has 0 radical (unpaired) electrons. The van der Waals surface area contributed by atoms with Crippen LogP contribution in [0.3, 0.4) is 0 Å². The highest BCUT2D eigenvalue weighted by Gasteiger charge is 2.38.